The molecule has 0 N–H and O–H groups in total. The summed E-state index contributed by atoms with van der Waals surface area (Å²) in [6.07, 6.45) is 10.6. The minimum absolute atomic E-state index is 0.0129. The first-order valence-electron chi connectivity index (χ1n) is 11.0. The molecule has 2 saturated heterocycles. The van der Waals surface area contributed by atoms with Crippen LogP contribution in [-0.2, 0) is 14.4 Å². The van der Waals surface area contributed by atoms with Crippen molar-refractivity contribution < 1.29 is 14.4 Å². The van der Waals surface area contributed by atoms with E-state index in [2.05, 4.69) is 11.8 Å². The number of carbonyl (C=O) groups excluding carboxylic acids is 3. The van der Waals surface area contributed by atoms with E-state index in [4.69, 9.17) is 0 Å². The highest BCUT2D eigenvalue weighted by Gasteiger charge is 2.40. The monoisotopic (exact) mass is 413 g/mol. The van der Waals surface area contributed by atoms with Gasteiger partial charge in [-0.05, 0) is 55.7 Å². The van der Waals surface area contributed by atoms with Crippen molar-refractivity contribution >= 4 is 17.7 Å². The summed E-state index contributed by atoms with van der Waals surface area (Å²) in [5.41, 5.74) is 0.0742. The van der Waals surface area contributed by atoms with Crippen molar-refractivity contribution in [3.05, 3.63) is 40.5 Å². The molecule has 2 unspecified atom stereocenters. The first-order valence-corrected chi connectivity index (χ1v) is 11.0. The van der Waals surface area contributed by atoms with Crippen LogP contribution in [0.2, 0.25) is 0 Å². The number of carbonyl (C=O) groups is 3. The number of rotatable bonds is 7. The Labute approximate surface area is 177 Å². The zero-order chi connectivity index (χ0) is 21.7. The van der Waals surface area contributed by atoms with E-state index in [1.807, 2.05) is 4.90 Å². The Kier molecular flexibility index (Phi) is 7.34. The number of likely N-dealkylation sites (tertiary alicyclic amines) is 2. The Morgan fingerprint density at radius 1 is 1.13 bits per heavy atom. The molecule has 3 aliphatic rings. The van der Waals surface area contributed by atoms with E-state index in [0.717, 1.165) is 30.3 Å². The fraction of sp³-hybridized carbons (Fsp3) is 0.609. The molecule has 0 spiro atoms. The van der Waals surface area contributed by atoms with Crippen LogP contribution in [0.4, 0.5) is 0 Å². The molecule has 3 fully saturated rings. The Morgan fingerprint density at radius 3 is 2.53 bits per heavy atom. The fourth-order valence-corrected chi connectivity index (χ4v) is 5.03. The van der Waals surface area contributed by atoms with Gasteiger partial charge < -0.3 is 4.90 Å². The lowest BCUT2D eigenvalue weighted by atomic mass is 9.75. The number of piperidine rings is 1. The highest BCUT2D eigenvalue weighted by molar-refractivity contribution is 6.25. The van der Waals surface area contributed by atoms with E-state index in [1.165, 1.54) is 37.8 Å². The Balaban J connectivity index is 1.50. The number of unbranched alkanes of at least 4 members (excludes halogenated alkanes) is 1. The van der Waals surface area contributed by atoms with Crippen LogP contribution in [0.25, 0.3) is 0 Å². The van der Waals surface area contributed by atoms with Gasteiger partial charge in [0.05, 0.1) is 11.1 Å². The van der Waals surface area contributed by atoms with Crippen molar-refractivity contribution in [1.29, 1.82) is 0 Å². The van der Waals surface area contributed by atoms with Crippen LogP contribution in [0.15, 0.2) is 40.8 Å². The molecule has 2 aliphatic heterocycles. The summed E-state index contributed by atoms with van der Waals surface area (Å²) in [7, 11) is 0. The second-order valence-electron chi connectivity index (χ2n) is 8.41. The van der Waals surface area contributed by atoms with E-state index in [0.29, 0.717) is 25.2 Å². The van der Waals surface area contributed by atoms with E-state index < -0.39 is 11.8 Å². The Bertz CT molecular complexity index is 788. The van der Waals surface area contributed by atoms with Gasteiger partial charge in [0, 0.05) is 26.1 Å². The number of fused-ring (bicyclic) bond motifs is 1. The number of imide groups is 1. The molecular formula is C23H31N3O4. The van der Waals surface area contributed by atoms with E-state index in [-0.39, 0.29) is 29.3 Å². The van der Waals surface area contributed by atoms with E-state index in [1.54, 1.807) is 6.92 Å². The van der Waals surface area contributed by atoms with Gasteiger partial charge in [-0.25, -0.2) is 0 Å². The zero-order valence-electron chi connectivity index (χ0n) is 17.8. The lowest BCUT2D eigenvalue weighted by Crippen LogP contribution is -2.44. The minimum atomic E-state index is -0.520. The third-order valence-corrected chi connectivity index (χ3v) is 6.71. The summed E-state index contributed by atoms with van der Waals surface area (Å²) in [6.45, 7) is 7.09. The van der Waals surface area contributed by atoms with Gasteiger partial charge in [0.1, 0.15) is 5.70 Å². The van der Waals surface area contributed by atoms with Crippen LogP contribution in [0.5, 0.6) is 0 Å². The van der Waals surface area contributed by atoms with Gasteiger partial charge in [0.15, 0.2) is 0 Å². The van der Waals surface area contributed by atoms with Gasteiger partial charge in [-0.15, -0.1) is 4.91 Å². The first kappa shape index (κ1) is 22.1. The van der Waals surface area contributed by atoms with Crippen LogP contribution in [0.1, 0.15) is 58.3 Å². The minimum Gasteiger partial charge on any atom is -0.342 e. The molecule has 1 saturated carbocycles. The maximum Gasteiger partial charge on any atom is 0.263 e. The molecule has 0 aromatic rings. The molecule has 3 amide bonds. The highest BCUT2D eigenvalue weighted by Crippen LogP contribution is 2.36. The normalized spacial score (nSPS) is 27.3. The summed E-state index contributed by atoms with van der Waals surface area (Å²) in [5, 5.41) is 2.83. The molecule has 2 heterocycles. The van der Waals surface area contributed by atoms with Crippen LogP contribution in [0, 0.1) is 16.7 Å². The number of hydrogen-bond acceptors (Lipinski definition) is 5. The molecule has 0 radical (unpaired) electrons. The lowest BCUT2D eigenvalue weighted by Gasteiger charge is -2.41. The van der Waals surface area contributed by atoms with Crippen molar-refractivity contribution in [2.75, 3.05) is 19.6 Å². The average molecular weight is 414 g/mol. The lowest BCUT2D eigenvalue weighted by molar-refractivity contribution is -0.136. The molecule has 3 rings (SSSR count). The Morgan fingerprint density at radius 2 is 1.87 bits per heavy atom. The van der Waals surface area contributed by atoms with Crippen LogP contribution in [-0.4, -0.2) is 47.2 Å². The van der Waals surface area contributed by atoms with E-state index >= 15 is 0 Å². The smallest absolute Gasteiger partial charge is 0.263 e. The first-order chi connectivity index (χ1) is 14.5. The third-order valence-electron chi connectivity index (χ3n) is 6.71. The SMILES string of the molecule is C=C/C(N=O)=C1/C(=O)N(CCCCC(=O)N2CCC3CCCCC3C2)C(=O)/C1=C/C. The molecule has 0 bridgehead atoms. The van der Waals surface area contributed by atoms with Crippen molar-refractivity contribution in [3.8, 4) is 0 Å². The number of amides is 3. The van der Waals surface area contributed by atoms with Gasteiger partial charge in [-0.2, -0.15) is 0 Å². The van der Waals surface area contributed by atoms with Gasteiger partial charge in [-0.3, -0.25) is 19.3 Å². The van der Waals surface area contributed by atoms with Crippen molar-refractivity contribution in [1.82, 2.24) is 9.80 Å². The van der Waals surface area contributed by atoms with Crippen LogP contribution >= 0.6 is 0 Å². The molecule has 7 heteroatoms. The Hall–Kier alpha value is -2.57. The summed E-state index contributed by atoms with van der Waals surface area (Å²) in [6, 6.07) is 0. The summed E-state index contributed by atoms with van der Waals surface area (Å²) in [5.74, 6) is 0.678. The predicted octanol–water partition coefficient (Wildman–Crippen LogP) is 3.72. The van der Waals surface area contributed by atoms with Crippen molar-refractivity contribution in [3.63, 3.8) is 0 Å². The second-order valence-corrected chi connectivity index (χ2v) is 8.41. The standard InChI is InChI=1S/C23H31N3O4/c1-3-18-21(19(4-2)24-30)23(29)26(22(18)28)13-8-7-11-20(27)25-14-12-16-9-5-6-10-17(16)15-25/h3-4,16-17H,2,5-15H2,1H3/b18-3+,21-19-. The van der Waals surface area contributed by atoms with Gasteiger partial charge >= 0.3 is 0 Å². The van der Waals surface area contributed by atoms with Gasteiger partial charge in [0.2, 0.25) is 5.91 Å². The third kappa shape index (κ3) is 4.45. The molecule has 162 valence electrons. The molecule has 0 aromatic heterocycles. The number of nitroso groups, excluding NO2 is 1. The molecule has 1 aliphatic carbocycles. The average Bonchev–Trinajstić information content (AvgIpc) is 3.01. The summed E-state index contributed by atoms with van der Waals surface area (Å²) >= 11 is 0. The highest BCUT2D eigenvalue weighted by atomic mass is 16.3. The number of hydrogen-bond donors (Lipinski definition) is 0. The van der Waals surface area contributed by atoms with Gasteiger partial charge in [0.25, 0.3) is 11.8 Å². The predicted molar refractivity (Wildman–Crippen MR) is 114 cm³/mol. The largest absolute Gasteiger partial charge is 0.342 e. The van der Waals surface area contributed by atoms with Crippen LogP contribution < -0.4 is 0 Å². The maximum atomic E-state index is 12.6. The summed E-state index contributed by atoms with van der Waals surface area (Å²) in [4.78, 5) is 51.9. The fourth-order valence-electron chi connectivity index (χ4n) is 5.03. The molecule has 0 aromatic carbocycles. The zero-order valence-corrected chi connectivity index (χ0v) is 17.8. The quantitative estimate of drug-likeness (QED) is 0.275. The second kappa shape index (κ2) is 9.96. The summed E-state index contributed by atoms with van der Waals surface area (Å²) < 4.78 is 0. The topological polar surface area (TPSA) is 87.1 Å². The van der Waals surface area contributed by atoms with Gasteiger partial charge in [-0.1, -0.05) is 31.9 Å². The van der Waals surface area contributed by atoms with Crippen molar-refractivity contribution in [2.24, 2.45) is 17.0 Å². The molecular weight excluding hydrogens is 382 g/mol. The number of allylic oxidation sites excluding steroid dienone is 2. The van der Waals surface area contributed by atoms with Crippen LogP contribution in [0.3, 0.4) is 0 Å². The van der Waals surface area contributed by atoms with E-state index in [9.17, 15) is 19.3 Å². The number of nitrogens with zero attached hydrogens (tertiary/aromatic N) is 3. The molecule has 30 heavy (non-hydrogen) atoms. The maximum absolute atomic E-state index is 12.6. The molecule has 2 atom stereocenters. The van der Waals surface area contributed by atoms with Crippen molar-refractivity contribution in [2.45, 2.75) is 58.3 Å². The molecule has 7 nitrogen and oxygen atoms in total.